The van der Waals surface area contributed by atoms with Crippen molar-refractivity contribution in [3.63, 3.8) is 0 Å². The van der Waals surface area contributed by atoms with E-state index in [2.05, 4.69) is 33.1 Å². The van der Waals surface area contributed by atoms with Gasteiger partial charge in [-0.3, -0.25) is 33.7 Å². The monoisotopic (exact) mass is 988 g/mol. The minimum atomic E-state index is -0.903. The molecule has 1 aromatic heterocycles. The first-order valence-corrected chi connectivity index (χ1v) is 25.8. The maximum atomic E-state index is 14.2. The van der Waals surface area contributed by atoms with Gasteiger partial charge in [-0.15, -0.1) is 11.3 Å². The van der Waals surface area contributed by atoms with E-state index in [1.807, 2.05) is 94.7 Å². The highest BCUT2D eigenvalue weighted by atomic mass is 32.1. The molecule has 6 amide bonds. The predicted octanol–water partition coefficient (Wildman–Crippen LogP) is 4.70. The SMILES string of the molecule is Cc1ncsc1-c1ccc(CNC(=O)[C@@H]2C[C@@H](O)CN2C(=O)[C@@H](NC(=O)CC2CC(c3ccc(CO[C@H](C)[C@H](CCC(N)=O)NC(=O)[C@@H]4Cc5cccc6c5N4C(=O)[C@@H](N)CC6)cc3)C2)C(C)(C)C)cc1. The fourth-order valence-electron chi connectivity index (χ4n) is 10.5. The Morgan fingerprint density at radius 2 is 1.63 bits per heavy atom. The number of para-hydroxylation sites is 1. The lowest BCUT2D eigenvalue weighted by Gasteiger charge is -2.38. The fraction of sp³-hybridized carbons (Fsp3) is 0.500. The van der Waals surface area contributed by atoms with Gasteiger partial charge in [-0.1, -0.05) is 87.5 Å². The number of nitrogens with one attached hydrogen (secondary N) is 3. The number of hydrogen-bond donors (Lipinski definition) is 6. The molecule has 378 valence electrons. The normalized spacial score (nSPS) is 22.9. The quantitative estimate of drug-likeness (QED) is 0.0804. The zero-order valence-corrected chi connectivity index (χ0v) is 42.1. The number of aliphatic hydroxyl groups is 1. The smallest absolute Gasteiger partial charge is 0.246 e. The minimum absolute atomic E-state index is 0.00243. The van der Waals surface area contributed by atoms with Crippen molar-refractivity contribution in [2.24, 2.45) is 22.8 Å². The number of carbonyl (C=O) groups is 6. The van der Waals surface area contributed by atoms with Gasteiger partial charge in [-0.25, -0.2) is 4.98 Å². The molecule has 4 aliphatic rings. The average molecular weight is 989 g/mol. The maximum Gasteiger partial charge on any atom is 0.246 e. The number of benzene rings is 3. The number of aliphatic hydroxyl groups excluding tert-OH is 1. The number of rotatable bonds is 18. The van der Waals surface area contributed by atoms with Crippen molar-refractivity contribution in [2.75, 3.05) is 11.4 Å². The average Bonchev–Trinajstić information content (AvgIpc) is 4.04. The van der Waals surface area contributed by atoms with Crippen LogP contribution < -0.4 is 32.3 Å². The van der Waals surface area contributed by atoms with Crippen molar-refractivity contribution < 1.29 is 38.6 Å². The lowest BCUT2D eigenvalue weighted by Crippen LogP contribution is -2.58. The van der Waals surface area contributed by atoms with Gasteiger partial charge in [0.25, 0.3) is 0 Å². The number of thiazole rings is 1. The van der Waals surface area contributed by atoms with E-state index in [-0.39, 0.29) is 80.8 Å². The summed E-state index contributed by atoms with van der Waals surface area (Å²) in [5, 5.41) is 19.7. The van der Waals surface area contributed by atoms with E-state index in [0.29, 0.717) is 19.3 Å². The lowest BCUT2D eigenvalue weighted by atomic mass is 9.70. The van der Waals surface area contributed by atoms with Gasteiger partial charge < -0.3 is 42.2 Å². The highest BCUT2D eigenvalue weighted by Gasteiger charge is 2.46. The van der Waals surface area contributed by atoms with E-state index in [4.69, 9.17) is 16.2 Å². The number of nitrogens with two attached hydrogens (primary N) is 2. The van der Waals surface area contributed by atoms with Crippen LogP contribution in [-0.2, 0) is 59.5 Å². The number of nitrogens with zero attached hydrogens (tertiary/aromatic N) is 3. The number of anilines is 1. The molecule has 1 saturated heterocycles. The molecule has 0 radical (unpaired) electrons. The summed E-state index contributed by atoms with van der Waals surface area (Å²) in [6.07, 6.45) is 2.48. The second-order valence-corrected chi connectivity index (χ2v) is 21.9. The number of carbonyl (C=O) groups excluding carboxylic acids is 6. The topological polar surface area (TPSA) is 239 Å². The van der Waals surface area contributed by atoms with E-state index >= 15 is 0 Å². The Kier molecular flexibility index (Phi) is 15.7. The second kappa shape index (κ2) is 21.8. The number of primary amides is 1. The number of β-amino-alcohol motifs (C(OH)–C–C–N with tert-alkyl or cyclic N) is 1. The van der Waals surface area contributed by atoms with E-state index in [9.17, 15) is 33.9 Å². The van der Waals surface area contributed by atoms with Crippen LogP contribution in [-0.4, -0.2) is 99.4 Å². The van der Waals surface area contributed by atoms with Gasteiger partial charge in [0.2, 0.25) is 35.4 Å². The largest absolute Gasteiger partial charge is 0.391 e. The fourth-order valence-corrected chi connectivity index (χ4v) is 11.3. The van der Waals surface area contributed by atoms with Gasteiger partial charge in [-0.2, -0.15) is 0 Å². The molecule has 0 unspecified atom stereocenters. The summed E-state index contributed by atoms with van der Waals surface area (Å²) < 4.78 is 6.29. The molecule has 8 N–H and O–H groups in total. The van der Waals surface area contributed by atoms with Crippen molar-refractivity contribution in [1.29, 1.82) is 0 Å². The van der Waals surface area contributed by atoms with Crippen molar-refractivity contribution in [1.82, 2.24) is 25.8 Å². The Bertz CT molecular complexity index is 2610. The molecule has 71 heavy (non-hydrogen) atoms. The van der Waals surface area contributed by atoms with Gasteiger partial charge in [0, 0.05) is 38.8 Å². The number of aromatic nitrogens is 1. The van der Waals surface area contributed by atoms with Crippen LogP contribution in [0.15, 0.2) is 72.2 Å². The highest BCUT2D eigenvalue weighted by molar-refractivity contribution is 7.13. The molecule has 0 bridgehead atoms. The molecule has 1 aliphatic carbocycles. The maximum absolute atomic E-state index is 14.2. The Hall–Kier alpha value is -6.01. The predicted molar refractivity (Wildman–Crippen MR) is 270 cm³/mol. The van der Waals surface area contributed by atoms with Crippen LogP contribution in [0, 0.1) is 18.3 Å². The molecule has 7 atom stereocenters. The third-order valence-corrected chi connectivity index (χ3v) is 15.7. The number of aryl methyl sites for hydroxylation is 2. The lowest BCUT2D eigenvalue weighted by molar-refractivity contribution is -0.144. The summed E-state index contributed by atoms with van der Waals surface area (Å²) in [5.74, 6) is -1.67. The van der Waals surface area contributed by atoms with E-state index in [1.165, 1.54) is 4.90 Å². The number of amides is 6. The third-order valence-electron chi connectivity index (χ3n) is 14.7. The highest BCUT2D eigenvalue weighted by Crippen LogP contribution is 2.44. The van der Waals surface area contributed by atoms with Crippen LogP contribution in [0.1, 0.15) is 112 Å². The summed E-state index contributed by atoms with van der Waals surface area (Å²) in [6, 6.07) is 18.1. The van der Waals surface area contributed by atoms with E-state index in [1.54, 1.807) is 16.2 Å². The van der Waals surface area contributed by atoms with E-state index in [0.717, 1.165) is 62.5 Å². The Balaban J connectivity index is 0.803. The molecule has 1 saturated carbocycles. The zero-order valence-electron chi connectivity index (χ0n) is 41.3. The van der Waals surface area contributed by atoms with Crippen LogP contribution in [0.2, 0.25) is 0 Å². The summed E-state index contributed by atoms with van der Waals surface area (Å²) in [6.45, 7) is 9.98. The van der Waals surface area contributed by atoms with Crippen LogP contribution >= 0.6 is 11.3 Å². The molecule has 3 aromatic carbocycles. The van der Waals surface area contributed by atoms with Gasteiger partial charge in [0.05, 0.1) is 52.7 Å². The van der Waals surface area contributed by atoms with Crippen molar-refractivity contribution in [3.8, 4) is 10.4 Å². The first-order valence-electron chi connectivity index (χ1n) is 24.9. The molecular weight excluding hydrogens is 921 g/mol. The van der Waals surface area contributed by atoms with Crippen molar-refractivity contribution >= 4 is 52.5 Å². The van der Waals surface area contributed by atoms with Crippen LogP contribution in [0.5, 0.6) is 0 Å². The zero-order chi connectivity index (χ0) is 50.7. The van der Waals surface area contributed by atoms with Crippen molar-refractivity contribution in [3.05, 3.63) is 106 Å². The molecule has 8 rings (SSSR count). The summed E-state index contributed by atoms with van der Waals surface area (Å²) in [4.78, 5) is 89.0. The summed E-state index contributed by atoms with van der Waals surface area (Å²) in [5.41, 5.74) is 20.6. The first-order chi connectivity index (χ1) is 33.8. The number of ether oxygens (including phenoxy) is 1. The molecule has 17 heteroatoms. The number of hydrogen-bond acceptors (Lipinski definition) is 11. The standard InChI is InChI=1S/C54H68N8O8S/c1-30-48(71-29-58-30)37-15-9-32(10-16-37)26-57-50(66)43-25-40(63)27-61(43)53(69)49(54(3,4)5)60-46(65)23-34-21-39(22-34)35-13-11-33(12-14-35)28-70-31(2)42(19-20-45(56)64)59-51(67)44-24-38-8-6-7-36-17-18-41(55)52(68)62(44)47(36)38/h6-16,29,31,34,39-44,49,63H,17-28,55H2,1-5H3,(H2,56,64)(H,57,66)(H,59,67)(H,60,65)/t31-,34?,39?,40-,41+,42+,43+,44+,49-/m1/s1. The second-order valence-electron chi connectivity index (χ2n) is 21.1. The minimum Gasteiger partial charge on any atom is -0.391 e. The number of likely N-dealkylation sites (tertiary alicyclic amines) is 1. The molecule has 3 aliphatic heterocycles. The molecule has 4 aromatic rings. The van der Waals surface area contributed by atoms with Crippen LogP contribution in [0.4, 0.5) is 5.69 Å². The van der Waals surface area contributed by atoms with Crippen LogP contribution in [0.25, 0.3) is 10.4 Å². The van der Waals surface area contributed by atoms with Gasteiger partial charge in [-0.05, 0) is 96.6 Å². The Morgan fingerprint density at radius 1 is 0.930 bits per heavy atom. The molecule has 4 heterocycles. The Morgan fingerprint density at radius 3 is 2.31 bits per heavy atom. The third kappa shape index (κ3) is 11.9. The molecule has 0 spiro atoms. The first kappa shape index (κ1) is 51.3. The van der Waals surface area contributed by atoms with Crippen LogP contribution in [0.3, 0.4) is 0 Å². The van der Waals surface area contributed by atoms with Gasteiger partial charge >= 0.3 is 0 Å². The summed E-state index contributed by atoms with van der Waals surface area (Å²) in [7, 11) is 0. The van der Waals surface area contributed by atoms with Crippen molar-refractivity contribution in [2.45, 2.75) is 154 Å². The Labute approximate surface area is 419 Å². The van der Waals surface area contributed by atoms with E-state index < -0.39 is 59.6 Å². The summed E-state index contributed by atoms with van der Waals surface area (Å²) >= 11 is 1.57. The van der Waals surface area contributed by atoms with Gasteiger partial charge in [0.15, 0.2) is 0 Å². The molecular formula is C54H68N8O8S. The van der Waals surface area contributed by atoms with Gasteiger partial charge in [0.1, 0.15) is 18.1 Å². The molecule has 2 fully saturated rings. The molecule has 16 nitrogen and oxygen atoms in total.